The summed E-state index contributed by atoms with van der Waals surface area (Å²) >= 11 is 0. The van der Waals surface area contributed by atoms with E-state index in [9.17, 15) is 13.2 Å². The molecule has 2 aromatic carbocycles. The van der Waals surface area contributed by atoms with E-state index in [0.717, 1.165) is 22.3 Å². The molecule has 2 aromatic rings. The molecule has 1 aliphatic carbocycles. The van der Waals surface area contributed by atoms with Crippen LogP contribution in [0.5, 0.6) is 0 Å². The van der Waals surface area contributed by atoms with Gasteiger partial charge in [0.15, 0.2) is 0 Å². The van der Waals surface area contributed by atoms with E-state index in [-0.39, 0.29) is 18.4 Å². The number of rotatable bonds is 7. The molecule has 28 heavy (non-hydrogen) atoms. The summed E-state index contributed by atoms with van der Waals surface area (Å²) in [4.78, 5) is 12.3. The van der Waals surface area contributed by atoms with Gasteiger partial charge in [-0.05, 0) is 34.6 Å². The fraction of sp³-hybridized carbons (Fsp3) is 0.381. The van der Waals surface area contributed by atoms with Gasteiger partial charge in [-0.3, -0.25) is 4.55 Å². The number of hydrogen-bond donors (Lipinski definition) is 2. The molecule has 0 saturated heterocycles. The van der Waals surface area contributed by atoms with Crippen molar-refractivity contribution in [1.29, 1.82) is 0 Å². The monoisotopic (exact) mass is 403 g/mol. The fourth-order valence-corrected chi connectivity index (χ4v) is 4.53. The van der Waals surface area contributed by atoms with Crippen molar-refractivity contribution in [3.05, 3.63) is 59.7 Å². The third-order valence-corrected chi connectivity index (χ3v) is 5.66. The van der Waals surface area contributed by atoms with Crippen LogP contribution in [0, 0.1) is 5.92 Å². The molecule has 0 saturated carbocycles. The van der Waals surface area contributed by atoms with Crippen molar-refractivity contribution < 1.29 is 22.5 Å². The lowest BCUT2D eigenvalue weighted by molar-refractivity contribution is 0.138. The van der Waals surface area contributed by atoms with Crippen molar-refractivity contribution >= 4 is 16.2 Å². The summed E-state index contributed by atoms with van der Waals surface area (Å²) in [6.07, 6.45) is -0.263. The van der Waals surface area contributed by atoms with E-state index in [1.165, 1.54) is 0 Å². The average molecular weight is 404 g/mol. The zero-order valence-electron chi connectivity index (χ0n) is 16.0. The van der Waals surface area contributed by atoms with Crippen LogP contribution < -0.4 is 5.32 Å². The van der Waals surface area contributed by atoms with Crippen molar-refractivity contribution in [1.82, 2.24) is 5.32 Å². The average Bonchev–Trinajstić information content (AvgIpc) is 2.92. The summed E-state index contributed by atoms with van der Waals surface area (Å²) in [5.41, 5.74) is 4.48. The summed E-state index contributed by atoms with van der Waals surface area (Å²) in [6.45, 7) is 3.98. The molecular weight excluding hydrogens is 378 g/mol. The van der Waals surface area contributed by atoms with Crippen molar-refractivity contribution in [3.63, 3.8) is 0 Å². The number of nitrogens with one attached hydrogen (secondary N) is 1. The van der Waals surface area contributed by atoms with Gasteiger partial charge in [0.25, 0.3) is 10.1 Å². The molecule has 0 heterocycles. The highest BCUT2D eigenvalue weighted by Crippen LogP contribution is 2.44. The second-order valence-electron chi connectivity index (χ2n) is 7.54. The van der Waals surface area contributed by atoms with Crippen molar-refractivity contribution in [3.8, 4) is 11.1 Å². The van der Waals surface area contributed by atoms with Crippen LogP contribution in [0.15, 0.2) is 48.5 Å². The van der Waals surface area contributed by atoms with E-state index < -0.39 is 28.0 Å². The Bertz CT molecular complexity index is 909. The molecule has 0 fully saturated rings. The van der Waals surface area contributed by atoms with Crippen molar-refractivity contribution in [2.24, 2.45) is 5.92 Å². The Balaban J connectivity index is 1.69. The topological polar surface area (TPSA) is 92.7 Å². The second-order valence-corrected chi connectivity index (χ2v) is 9.04. The van der Waals surface area contributed by atoms with E-state index in [1.54, 1.807) is 0 Å². The summed E-state index contributed by atoms with van der Waals surface area (Å²) in [5, 5.41) is 2.58. The molecule has 0 spiro atoms. The maximum absolute atomic E-state index is 12.3. The fourth-order valence-electron chi connectivity index (χ4n) is 3.80. The molecule has 0 aromatic heterocycles. The molecule has 6 nitrogen and oxygen atoms in total. The SMILES string of the molecule is CC(C)C[C@@H](CS(=O)(=O)O)NC(=O)OCC1c2ccccc2-c2ccccc21. The van der Waals surface area contributed by atoms with Crippen LogP contribution in [0.25, 0.3) is 11.1 Å². The molecule has 1 aliphatic rings. The molecule has 1 amide bonds. The molecule has 0 radical (unpaired) electrons. The molecule has 1 atom stereocenters. The maximum atomic E-state index is 12.3. The summed E-state index contributed by atoms with van der Waals surface area (Å²) in [6, 6.07) is 15.4. The molecule has 2 N–H and O–H groups in total. The number of carbonyl (C=O) groups excluding carboxylic acids is 1. The Morgan fingerprint density at radius 2 is 1.61 bits per heavy atom. The van der Waals surface area contributed by atoms with Crippen LogP contribution in [0.3, 0.4) is 0 Å². The minimum Gasteiger partial charge on any atom is -0.449 e. The van der Waals surface area contributed by atoms with Gasteiger partial charge in [0, 0.05) is 12.0 Å². The number of hydrogen-bond acceptors (Lipinski definition) is 4. The maximum Gasteiger partial charge on any atom is 0.407 e. The first-order valence-electron chi connectivity index (χ1n) is 9.31. The minimum absolute atomic E-state index is 0.0664. The minimum atomic E-state index is -4.20. The van der Waals surface area contributed by atoms with Crippen LogP contribution in [-0.2, 0) is 14.9 Å². The van der Waals surface area contributed by atoms with Crippen molar-refractivity contribution in [2.45, 2.75) is 32.2 Å². The lowest BCUT2D eigenvalue weighted by Crippen LogP contribution is -2.41. The first-order chi connectivity index (χ1) is 13.2. The van der Waals surface area contributed by atoms with Gasteiger partial charge in [0.1, 0.15) is 6.61 Å². The lowest BCUT2D eigenvalue weighted by atomic mass is 9.98. The molecular formula is C21H25NO5S. The highest BCUT2D eigenvalue weighted by atomic mass is 32.2. The van der Waals surface area contributed by atoms with Crippen molar-refractivity contribution in [2.75, 3.05) is 12.4 Å². The molecule has 3 rings (SSSR count). The summed E-state index contributed by atoms with van der Waals surface area (Å²) in [7, 11) is -4.20. The normalized spacial score (nSPS) is 14.4. The number of amides is 1. The van der Waals surface area contributed by atoms with Gasteiger partial charge in [-0.25, -0.2) is 4.79 Å². The number of carbonyl (C=O) groups is 1. The summed E-state index contributed by atoms with van der Waals surface area (Å²) in [5.74, 6) is -0.445. The van der Waals surface area contributed by atoms with Crippen LogP contribution in [-0.4, -0.2) is 37.5 Å². The highest BCUT2D eigenvalue weighted by Gasteiger charge is 2.29. The molecule has 7 heteroatoms. The number of alkyl carbamates (subject to hydrolysis) is 1. The third-order valence-electron chi connectivity index (χ3n) is 4.83. The quantitative estimate of drug-likeness (QED) is 0.686. The van der Waals surface area contributed by atoms with Crippen LogP contribution in [0.4, 0.5) is 4.79 Å². The Hall–Kier alpha value is -2.38. The predicted molar refractivity (Wildman–Crippen MR) is 108 cm³/mol. The first-order valence-corrected chi connectivity index (χ1v) is 10.9. The van der Waals surface area contributed by atoms with Crippen LogP contribution >= 0.6 is 0 Å². The lowest BCUT2D eigenvalue weighted by Gasteiger charge is -2.20. The predicted octanol–water partition coefficient (Wildman–Crippen LogP) is 3.83. The Kier molecular flexibility index (Phi) is 6.05. The number of fused-ring (bicyclic) bond motifs is 3. The smallest absolute Gasteiger partial charge is 0.407 e. The number of ether oxygens (including phenoxy) is 1. The van der Waals surface area contributed by atoms with Gasteiger partial charge in [0.05, 0.1) is 5.75 Å². The molecule has 0 aliphatic heterocycles. The number of benzene rings is 2. The standard InChI is InChI=1S/C21H25NO5S/c1-14(2)11-15(13-28(24,25)26)22-21(23)27-12-20-18-9-5-3-7-16(18)17-8-4-6-10-19(17)20/h3-10,14-15,20H,11-13H2,1-2H3,(H,22,23)(H,24,25,26)/t15-/m0/s1. The largest absolute Gasteiger partial charge is 0.449 e. The van der Waals surface area contributed by atoms with E-state index in [2.05, 4.69) is 17.4 Å². The van der Waals surface area contributed by atoms with Gasteiger partial charge in [-0.15, -0.1) is 0 Å². The van der Waals surface area contributed by atoms with Gasteiger partial charge in [-0.2, -0.15) is 8.42 Å². The van der Waals surface area contributed by atoms with Crippen LogP contribution in [0.1, 0.15) is 37.3 Å². The van der Waals surface area contributed by atoms with Gasteiger partial charge < -0.3 is 10.1 Å². The van der Waals surface area contributed by atoms with Crippen LogP contribution in [0.2, 0.25) is 0 Å². The molecule has 0 bridgehead atoms. The van der Waals surface area contributed by atoms with Gasteiger partial charge in [0.2, 0.25) is 0 Å². The van der Waals surface area contributed by atoms with E-state index in [1.807, 2.05) is 50.2 Å². The molecule has 150 valence electrons. The highest BCUT2D eigenvalue weighted by molar-refractivity contribution is 7.85. The molecule has 0 unspecified atom stereocenters. The van der Waals surface area contributed by atoms with Gasteiger partial charge in [-0.1, -0.05) is 62.4 Å². The Morgan fingerprint density at radius 3 is 2.11 bits per heavy atom. The second kappa shape index (κ2) is 8.32. The summed E-state index contributed by atoms with van der Waals surface area (Å²) < 4.78 is 37.0. The third kappa shape index (κ3) is 4.91. The zero-order chi connectivity index (χ0) is 20.3. The Morgan fingerprint density at radius 1 is 1.07 bits per heavy atom. The van der Waals surface area contributed by atoms with E-state index >= 15 is 0 Å². The van der Waals surface area contributed by atoms with E-state index in [0.29, 0.717) is 6.42 Å². The van der Waals surface area contributed by atoms with E-state index in [4.69, 9.17) is 9.29 Å². The zero-order valence-corrected chi connectivity index (χ0v) is 16.8. The Labute approximate surface area is 165 Å². The first kappa shape index (κ1) is 20.4. The van der Waals surface area contributed by atoms with Gasteiger partial charge >= 0.3 is 6.09 Å².